The Balaban J connectivity index is 2.36. The molecular weight excluding hydrogens is 426 g/mol. The monoisotopic (exact) mass is 476 g/mol. The van der Waals surface area contributed by atoms with Crippen molar-refractivity contribution >= 4 is 16.1 Å². The van der Waals surface area contributed by atoms with Gasteiger partial charge >= 0.3 is 5.97 Å². The molecule has 0 aromatic heterocycles. The highest BCUT2D eigenvalue weighted by atomic mass is 32.2. The quantitative estimate of drug-likeness (QED) is 0.111. The predicted octanol–water partition coefficient (Wildman–Crippen LogP) is 5.76. The Bertz CT molecular complexity index is 595. The second-order valence-corrected chi connectivity index (χ2v) is 11.4. The number of piperidine rings is 1. The Morgan fingerprint density at radius 1 is 0.875 bits per heavy atom. The molecule has 0 aromatic rings. The normalized spacial score (nSPS) is 21.5. The van der Waals surface area contributed by atoms with Crippen molar-refractivity contribution in [3.8, 4) is 0 Å². The molecule has 190 valence electrons. The molecule has 1 rings (SSSR count). The van der Waals surface area contributed by atoms with E-state index in [9.17, 15) is 13.2 Å². The van der Waals surface area contributed by atoms with Crippen molar-refractivity contribution in [2.24, 2.45) is 5.92 Å². The molecule has 1 aliphatic heterocycles. The van der Waals surface area contributed by atoms with Gasteiger partial charge < -0.3 is 9.22 Å². The number of likely N-dealkylation sites (tertiary alicyclic amines) is 1. The Labute approximate surface area is 197 Å². The number of nitrogens with zero attached hydrogens (tertiary/aromatic N) is 1. The number of unbranched alkanes of at least 4 members (excludes halogenated alkanes) is 11. The van der Waals surface area contributed by atoms with Crippen LogP contribution >= 0.6 is 0 Å². The van der Waals surface area contributed by atoms with Crippen molar-refractivity contribution in [1.82, 2.24) is 0 Å². The molecule has 0 aliphatic carbocycles. The van der Waals surface area contributed by atoms with E-state index in [1.165, 1.54) is 70.6 Å². The second kappa shape index (κ2) is 16.9. The number of hydrogen-bond acceptors (Lipinski definition) is 4. The molecule has 1 aliphatic rings. The molecule has 0 amide bonds. The minimum atomic E-state index is -3.94. The van der Waals surface area contributed by atoms with Gasteiger partial charge in [-0.3, -0.25) is 9.35 Å². The van der Waals surface area contributed by atoms with E-state index in [-0.39, 0.29) is 17.6 Å². The lowest BCUT2D eigenvalue weighted by atomic mass is 9.94. The van der Waals surface area contributed by atoms with Crippen LogP contribution in [0.5, 0.6) is 0 Å². The van der Waals surface area contributed by atoms with Crippen LogP contribution in [0.2, 0.25) is 0 Å². The largest absolute Gasteiger partial charge is 0.466 e. The Hall–Kier alpha value is -0.660. The van der Waals surface area contributed by atoms with Gasteiger partial charge in [-0.25, -0.2) is 0 Å². The van der Waals surface area contributed by atoms with Crippen LogP contribution in [0.25, 0.3) is 0 Å². The standard InChI is InChI=1S/C25H49NO5S/c1-3-5-6-7-8-9-10-11-12-13-14-15-19-26(21-17-22-32(28,29)30)20-16-18-24(23-26)25(27)31-4-2/h24H,3-23H2,1-2H3/p+1. The Morgan fingerprint density at radius 3 is 1.94 bits per heavy atom. The third-order valence-electron chi connectivity index (χ3n) is 6.93. The molecular formula is C25H50NO5S+. The van der Waals surface area contributed by atoms with Crippen LogP contribution in [0.4, 0.5) is 0 Å². The highest BCUT2D eigenvalue weighted by Gasteiger charge is 2.38. The van der Waals surface area contributed by atoms with Crippen LogP contribution in [0.1, 0.15) is 110 Å². The van der Waals surface area contributed by atoms with E-state index in [1.54, 1.807) is 0 Å². The van der Waals surface area contributed by atoms with E-state index in [4.69, 9.17) is 9.29 Å². The van der Waals surface area contributed by atoms with E-state index >= 15 is 0 Å². The van der Waals surface area contributed by atoms with Crippen LogP contribution < -0.4 is 0 Å². The third kappa shape index (κ3) is 13.8. The molecule has 1 heterocycles. The maximum Gasteiger partial charge on any atom is 0.314 e. The maximum absolute atomic E-state index is 12.3. The number of esters is 1. The molecule has 7 heteroatoms. The van der Waals surface area contributed by atoms with E-state index in [1.807, 2.05) is 6.92 Å². The fourth-order valence-corrected chi connectivity index (χ4v) is 5.66. The van der Waals surface area contributed by atoms with Gasteiger partial charge in [0.05, 0.1) is 38.5 Å². The van der Waals surface area contributed by atoms with Crippen LogP contribution in [0.15, 0.2) is 0 Å². The number of quaternary nitrogens is 1. The molecule has 0 saturated carbocycles. The highest BCUT2D eigenvalue weighted by molar-refractivity contribution is 7.85. The first-order valence-electron chi connectivity index (χ1n) is 13.3. The second-order valence-electron chi connectivity index (χ2n) is 9.81. The number of hydrogen-bond donors (Lipinski definition) is 1. The SMILES string of the molecule is CCCCCCCCCCCCCC[N+]1(CCCS(=O)(=O)O)CCCC(C(=O)OCC)C1. The minimum Gasteiger partial charge on any atom is -0.466 e. The van der Waals surface area contributed by atoms with Gasteiger partial charge in [-0.05, 0) is 32.6 Å². The number of ether oxygens (including phenoxy) is 1. The van der Waals surface area contributed by atoms with Crippen molar-refractivity contribution < 1.29 is 27.0 Å². The first-order chi connectivity index (χ1) is 15.3. The molecule has 1 N–H and O–H groups in total. The van der Waals surface area contributed by atoms with E-state index < -0.39 is 10.1 Å². The lowest BCUT2D eigenvalue weighted by Gasteiger charge is -2.44. The topological polar surface area (TPSA) is 80.7 Å². The minimum absolute atomic E-state index is 0.0910. The van der Waals surface area contributed by atoms with Crippen LogP contribution in [0.3, 0.4) is 0 Å². The summed E-state index contributed by atoms with van der Waals surface area (Å²) in [6.45, 7) is 7.90. The zero-order valence-corrected chi connectivity index (χ0v) is 21.7. The Morgan fingerprint density at radius 2 is 1.41 bits per heavy atom. The van der Waals surface area contributed by atoms with Crippen molar-refractivity contribution in [3.05, 3.63) is 0 Å². The lowest BCUT2D eigenvalue weighted by molar-refractivity contribution is -0.935. The number of rotatable bonds is 19. The van der Waals surface area contributed by atoms with E-state index in [0.717, 1.165) is 43.4 Å². The van der Waals surface area contributed by atoms with Crippen LogP contribution in [-0.2, 0) is 19.6 Å². The fraction of sp³-hybridized carbons (Fsp3) is 0.960. The summed E-state index contributed by atoms with van der Waals surface area (Å²) >= 11 is 0. The molecule has 0 aromatic carbocycles. The molecule has 0 radical (unpaired) electrons. The molecule has 2 unspecified atom stereocenters. The van der Waals surface area contributed by atoms with E-state index in [2.05, 4.69) is 6.92 Å². The molecule has 32 heavy (non-hydrogen) atoms. The van der Waals surface area contributed by atoms with Crippen molar-refractivity contribution in [3.63, 3.8) is 0 Å². The van der Waals surface area contributed by atoms with Gasteiger partial charge in [0, 0.05) is 6.42 Å². The first-order valence-corrected chi connectivity index (χ1v) is 14.9. The zero-order valence-electron chi connectivity index (χ0n) is 20.9. The third-order valence-corrected chi connectivity index (χ3v) is 7.74. The van der Waals surface area contributed by atoms with Gasteiger partial charge in [-0.2, -0.15) is 8.42 Å². The predicted molar refractivity (Wildman–Crippen MR) is 131 cm³/mol. The summed E-state index contributed by atoms with van der Waals surface area (Å²) in [5, 5.41) is 0. The van der Waals surface area contributed by atoms with Crippen molar-refractivity contribution in [2.75, 3.05) is 38.5 Å². The summed E-state index contributed by atoms with van der Waals surface area (Å²) in [6, 6.07) is 0. The number of carbonyl (C=O) groups excluding carboxylic acids is 1. The highest BCUT2D eigenvalue weighted by Crippen LogP contribution is 2.27. The molecule has 0 spiro atoms. The summed E-state index contributed by atoms with van der Waals surface area (Å²) in [7, 11) is -3.94. The van der Waals surface area contributed by atoms with Gasteiger partial charge in [-0.15, -0.1) is 0 Å². The van der Waals surface area contributed by atoms with Crippen LogP contribution in [-0.4, -0.2) is 62.0 Å². The summed E-state index contributed by atoms with van der Waals surface area (Å²) in [6.07, 6.45) is 18.0. The zero-order chi connectivity index (χ0) is 23.7. The summed E-state index contributed by atoms with van der Waals surface area (Å²) in [4.78, 5) is 12.3. The molecule has 1 fully saturated rings. The summed E-state index contributed by atoms with van der Waals surface area (Å²) in [5.74, 6) is -0.402. The Kier molecular flexibility index (Phi) is 15.5. The molecule has 0 bridgehead atoms. The summed E-state index contributed by atoms with van der Waals surface area (Å²) < 4.78 is 37.5. The first kappa shape index (κ1) is 29.4. The van der Waals surface area contributed by atoms with Crippen molar-refractivity contribution in [1.29, 1.82) is 0 Å². The smallest absolute Gasteiger partial charge is 0.314 e. The van der Waals surface area contributed by atoms with Gasteiger partial charge in [-0.1, -0.05) is 71.1 Å². The van der Waals surface area contributed by atoms with Crippen LogP contribution in [0, 0.1) is 5.92 Å². The average molecular weight is 477 g/mol. The fourth-order valence-electron chi connectivity index (χ4n) is 5.16. The van der Waals surface area contributed by atoms with Crippen molar-refractivity contribution in [2.45, 2.75) is 110 Å². The molecule has 2 atom stereocenters. The molecule has 6 nitrogen and oxygen atoms in total. The van der Waals surface area contributed by atoms with E-state index in [0.29, 0.717) is 19.6 Å². The van der Waals surface area contributed by atoms with Gasteiger partial charge in [0.2, 0.25) is 0 Å². The van der Waals surface area contributed by atoms with Gasteiger partial charge in [0.15, 0.2) is 0 Å². The maximum atomic E-state index is 12.3. The lowest BCUT2D eigenvalue weighted by Crippen LogP contribution is -2.56. The molecule has 1 saturated heterocycles. The van der Waals surface area contributed by atoms with Gasteiger partial charge in [0.25, 0.3) is 10.1 Å². The average Bonchev–Trinajstić information content (AvgIpc) is 2.74. The summed E-state index contributed by atoms with van der Waals surface area (Å²) in [5.41, 5.74) is 0. The van der Waals surface area contributed by atoms with Gasteiger partial charge in [0.1, 0.15) is 5.92 Å². The number of carbonyl (C=O) groups is 1.